The molecular formula is C38H62N8O8. The third-order valence-corrected chi connectivity index (χ3v) is 9.17. The fraction of sp³-hybridized carbons (Fsp3) is 0.632. The second kappa shape index (κ2) is 24.7. The number of phenolic OH excluding ortho intramolecular Hbond substituents is 1. The molecule has 0 spiro atoms. The molecule has 0 saturated carbocycles. The van der Waals surface area contributed by atoms with Gasteiger partial charge in [-0.3, -0.25) is 24.0 Å². The summed E-state index contributed by atoms with van der Waals surface area (Å²) >= 11 is 0. The minimum Gasteiger partial charge on any atom is -0.508 e. The standard InChI is InChI=1S/C38H62N8O8/c1-24(2)23-32(38(53)54)46-37(52)31(20-17-25-15-18-26(47)19-16-25)45-36(51)30-14-8-7-11-27(41)33(48)42-28(12-5-3-9-21-39)34(49)43-29(35(50)44-30)13-6-4-10-22-40/h7-8,15-16,18-19,24,27-32,47H,3-6,9-14,17,20-23,39-41H2,1-2H3,(H,42,48)(H,43,49)(H,44,50)(H,45,51)(H,46,52)(H,53,54)/b8-7+/t27-,28-,29-,30-,31-,32-/m0/s1. The van der Waals surface area contributed by atoms with E-state index in [9.17, 15) is 39.0 Å². The molecule has 0 saturated heterocycles. The van der Waals surface area contributed by atoms with Crippen molar-refractivity contribution in [1.29, 1.82) is 0 Å². The van der Waals surface area contributed by atoms with E-state index in [0.717, 1.165) is 18.4 Å². The van der Waals surface area contributed by atoms with E-state index in [2.05, 4.69) is 26.6 Å². The number of carboxylic acid groups (broad SMARTS) is 1. The third kappa shape index (κ3) is 17.1. The normalized spacial score (nSPS) is 21.5. The highest BCUT2D eigenvalue weighted by molar-refractivity contribution is 5.96. The SMILES string of the molecule is CC(C)C[C@H](NC(=O)[C@H](CCc1ccc(O)cc1)NC(=O)[C@@H]1C/C=C/C[C@H](N)C(=O)N[C@@H](CCCCCN)C(=O)N[C@@H](CCCCCN)C(=O)N1)C(=O)O. The summed E-state index contributed by atoms with van der Waals surface area (Å²) < 4.78 is 0. The predicted molar refractivity (Wildman–Crippen MR) is 205 cm³/mol. The largest absolute Gasteiger partial charge is 0.508 e. The maximum absolute atomic E-state index is 14.0. The van der Waals surface area contributed by atoms with Gasteiger partial charge in [-0.2, -0.15) is 0 Å². The number of amides is 5. The molecule has 0 unspecified atom stereocenters. The van der Waals surface area contributed by atoms with Gasteiger partial charge in [-0.1, -0.05) is 63.8 Å². The van der Waals surface area contributed by atoms with Gasteiger partial charge < -0.3 is 54.0 Å². The number of aliphatic carboxylic acids is 1. The molecule has 1 aliphatic rings. The molecule has 6 atom stereocenters. The van der Waals surface area contributed by atoms with E-state index in [1.807, 2.05) is 13.8 Å². The first-order valence-corrected chi connectivity index (χ1v) is 19.1. The maximum atomic E-state index is 14.0. The first-order chi connectivity index (χ1) is 25.7. The Morgan fingerprint density at radius 1 is 0.778 bits per heavy atom. The summed E-state index contributed by atoms with van der Waals surface area (Å²) in [5.41, 5.74) is 18.2. The number of hydrogen-bond donors (Lipinski definition) is 10. The zero-order chi connectivity index (χ0) is 40.0. The second-order valence-electron chi connectivity index (χ2n) is 14.3. The third-order valence-electron chi connectivity index (χ3n) is 9.17. The van der Waals surface area contributed by atoms with Gasteiger partial charge in [0.15, 0.2) is 0 Å². The van der Waals surface area contributed by atoms with Crippen LogP contribution in [0.4, 0.5) is 0 Å². The van der Waals surface area contributed by atoms with E-state index in [-0.39, 0.29) is 43.8 Å². The Morgan fingerprint density at radius 3 is 1.89 bits per heavy atom. The van der Waals surface area contributed by atoms with E-state index in [4.69, 9.17) is 17.2 Å². The lowest BCUT2D eigenvalue weighted by Crippen LogP contribution is -2.59. The molecule has 54 heavy (non-hydrogen) atoms. The Morgan fingerprint density at radius 2 is 1.33 bits per heavy atom. The Bertz CT molecular complexity index is 1390. The molecule has 5 amide bonds. The van der Waals surface area contributed by atoms with Crippen LogP contribution in [0.3, 0.4) is 0 Å². The molecular weight excluding hydrogens is 696 g/mol. The molecule has 0 aromatic heterocycles. The number of aromatic hydroxyl groups is 1. The van der Waals surface area contributed by atoms with E-state index < -0.39 is 71.8 Å². The minimum atomic E-state index is -1.22. The van der Waals surface area contributed by atoms with Gasteiger partial charge in [0.1, 0.15) is 36.0 Å². The Kier molecular flexibility index (Phi) is 20.9. The van der Waals surface area contributed by atoms with Crippen molar-refractivity contribution in [1.82, 2.24) is 26.6 Å². The van der Waals surface area contributed by atoms with Crippen molar-refractivity contribution in [2.75, 3.05) is 13.1 Å². The summed E-state index contributed by atoms with van der Waals surface area (Å²) in [5, 5.41) is 33.0. The lowest BCUT2D eigenvalue weighted by Gasteiger charge is -2.27. The zero-order valence-electron chi connectivity index (χ0n) is 31.7. The average molecular weight is 759 g/mol. The molecule has 1 aliphatic heterocycles. The van der Waals surface area contributed by atoms with Crippen LogP contribution in [0, 0.1) is 5.92 Å². The van der Waals surface area contributed by atoms with Crippen LogP contribution in [0.2, 0.25) is 0 Å². The number of rotatable bonds is 20. The predicted octanol–water partition coefficient (Wildman–Crippen LogP) is 0.595. The van der Waals surface area contributed by atoms with Crippen LogP contribution >= 0.6 is 0 Å². The lowest BCUT2D eigenvalue weighted by atomic mass is 10.0. The molecule has 16 heteroatoms. The monoisotopic (exact) mass is 758 g/mol. The van der Waals surface area contributed by atoms with E-state index >= 15 is 0 Å². The molecule has 302 valence electrons. The molecule has 0 aliphatic carbocycles. The van der Waals surface area contributed by atoms with Crippen LogP contribution in [0.25, 0.3) is 0 Å². The Labute approximate surface area is 318 Å². The van der Waals surface area contributed by atoms with Crippen molar-refractivity contribution in [3.8, 4) is 5.75 Å². The van der Waals surface area contributed by atoms with E-state index in [1.165, 1.54) is 12.1 Å². The molecule has 0 bridgehead atoms. The molecule has 1 heterocycles. The van der Waals surface area contributed by atoms with Gasteiger partial charge >= 0.3 is 5.97 Å². The van der Waals surface area contributed by atoms with Gasteiger partial charge in [-0.15, -0.1) is 0 Å². The number of hydrogen-bond acceptors (Lipinski definition) is 10. The Balaban J connectivity index is 2.41. The number of carbonyl (C=O) groups excluding carboxylic acids is 5. The van der Waals surface area contributed by atoms with Gasteiger partial charge in [0.2, 0.25) is 29.5 Å². The summed E-state index contributed by atoms with van der Waals surface area (Å²) in [4.78, 5) is 80.1. The number of nitrogens with two attached hydrogens (primary N) is 3. The van der Waals surface area contributed by atoms with Crippen LogP contribution < -0.4 is 43.8 Å². The first-order valence-electron chi connectivity index (χ1n) is 19.1. The number of carboxylic acids is 1. The van der Waals surface area contributed by atoms with Crippen LogP contribution in [-0.4, -0.2) is 95.1 Å². The van der Waals surface area contributed by atoms with Crippen LogP contribution in [0.5, 0.6) is 5.75 Å². The van der Waals surface area contributed by atoms with Crippen molar-refractivity contribution < 1.29 is 39.0 Å². The summed E-state index contributed by atoms with van der Waals surface area (Å²) in [6.07, 6.45) is 8.39. The zero-order valence-corrected chi connectivity index (χ0v) is 31.7. The van der Waals surface area contributed by atoms with Gasteiger partial charge in [0, 0.05) is 0 Å². The van der Waals surface area contributed by atoms with E-state index in [0.29, 0.717) is 51.6 Å². The topological polar surface area (TPSA) is 281 Å². The summed E-state index contributed by atoms with van der Waals surface area (Å²) in [5.74, 6) is -4.34. The van der Waals surface area contributed by atoms with Gasteiger partial charge in [0.25, 0.3) is 0 Å². The van der Waals surface area contributed by atoms with Crippen molar-refractivity contribution in [2.45, 2.75) is 134 Å². The van der Waals surface area contributed by atoms with Crippen LogP contribution in [0.1, 0.15) is 96.5 Å². The number of unbranched alkanes of at least 4 members (excludes halogenated alkanes) is 4. The molecule has 0 fully saturated rings. The molecule has 16 nitrogen and oxygen atoms in total. The van der Waals surface area contributed by atoms with Crippen molar-refractivity contribution in [3.63, 3.8) is 0 Å². The number of benzene rings is 1. The van der Waals surface area contributed by atoms with Crippen molar-refractivity contribution >= 4 is 35.5 Å². The second-order valence-corrected chi connectivity index (χ2v) is 14.3. The molecule has 0 radical (unpaired) electrons. The fourth-order valence-corrected chi connectivity index (χ4v) is 5.99. The summed E-state index contributed by atoms with van der Waals surface area (Å²) in [7, 11) is 0. The lowest BCUT2D eigenvalue weighted by molar-refractivity contribution is -0.142. The van der Waals surface area contributed by atoms with Gasteiger partial charge in [0.05, 0.1) is 6.04 Å². The van der Waals surface area contributed by atoms with E-state index in [1.54, 1.807) is 24.3 Å². The molecule has 1 aromatic rings. The van der Waals surface area contributed by atoms with Crippen molar-refractivity contribution in [2.24, 2.45) is 23.1 Å². The average Bonchev–Trinajstić information content (AvgIpc) is 3.12. The molecule has 1 aromatic carbocycles. The summed E-state index contributed by atoms with van der Waals surface area (Å²) in [6.45, 7) is 4.60. The van der Waals surface area contributed by atoms with Crippen LogP contribution in [-0.2, 0) is 35.2 Å². The highest BCUT2D eigenvalue weighted by Crippen LogP contribution is 2.14. The Hall–Kier alpha value is -4.54. The van der Waals surface area contributed by atoms with Gasteiger partial charge in [-0.25, -0.2) is 4.79 Å². The van der Waals surface area contributed by atoms with Crippen LogP contribution in [0.15, 0.2) is 36.4 Å². The molecule has 13 N–H and O–H groups in total. The smallest absolute Gasteiger partial charge is 0.326 e. The number of phenols is 1. The quantitative estimate of drug-likeness (QED) is 0.0649. The maximum Gasteiger partial charge on any atom is 0.326 e. The van der Waals surface area contributed by atoms with Gasteiger partial charge in [-0.05, 0) is 94.5 Å². The minimum absolute atomic E-state index is 0.0408. The highest BCUT2D eigenvalue weighted by Gasteiger charge is 2.33. The highest BCUT2D eigenvalue weighted by atomic mass is 16.4. The first kappa shape index (κ1) is 45.6. The number of aryl methyl sites for hydroxylation is 1. The molecule has 2 rings (SSSR count). The van der Waals surface area contributed by atoms with Crippen molar-refractivity contribution in [3.05, 3.63) is 42.0 Å². The number of nitrogens with one attached hydrogen (secondary N) is 5. The fourth-order valence-electron chi connectivity index (χ4n) is 5.99. The number of carbonyl (C=O) groups is 6. The summed E-state index contributed by atoms with van der Waals surface area (Å²) in [6, 6.07) is -0.278.